The van der Waals surface area contributed by atoms with Crippen molar-refractivity contribution in [3.63, 3.8) is 0 Å². The highest BCUT2D eigenvalue weighted by Crippen LogP contribution is 2.32. The second-order valence-corrected chi connectivity index (χ2v) is 6.36. The number of ether oxygens (including phenoxy) is 2. The predicted molar refractivity (Wildman–Crippen MR) is 105 cm³/mol. The minimum absolute atomic E-state index is 0.174. The molecule has 5 nitrogen and oxygen atoms in total. The Labute approximate surface area is 154 Å². The largest absolute Gasteiger partial charge is 0.454 e. The molecule has 0 fully saturated rings. The normalized spacial score (nSPS) is 12.6. The van der Waals surface area contributed by atoms with Gasteiger partial charge in [0.15, 0.2) is 11.5 Å². The van der Waals surface area contributed by atoms with E-state index in [9.17, 15) is 4.79 Å². The van der Waals surface area contributed by atoms with Gasteiger partial charge in [-0.05, 0) is 68.8 Å². The molecule has 1 N–H and O–H groups in total. The Morgan fingerprint density at radius 2 is 1.88 bits per heavy atom. The van der Waals surface area contributed by atoms with Crippen LogP contribution in [0.25, 0.3) is 6.08 Å². The highest BCUT2D eigenvalue weighted by atomic mass is 16.7. The number of hydrogen-bond donors (Lipinski definition) is 1. The Morgan fingerprint density at radius 1 is 1.15 bits per heavy atom. The lowest BCUT2D eigenvalue weighted by Crippen LogP contribution is -2.30. The number of benzene rings is 2. The highest BCUT2D eigenvalue weighted by Gasteiger charge is 2.12. The van der Waals surface area contributed by atoms with E-state index in [-0.39, 0.29) is 12.7 Å². The molecule has 1 aliphatic rings. The molecule has 0 spiro atoms. The molecule has 0 atom stereocenters. The van der Waals surface area contributed by atoms with Crippen LogP contribution in [-0.4, -0.2) is 25.3 Å². The van der Waals surface area contributed by atoms with E-state index in [4.69, 9.17) is 9.47 Å². The summed E-state index contributed by atoms with van der Waals surface area (Å²) in [6.45, 7) is 7.66. The third-order valence-corrected chi connectivity index (χ3v) is 4.25. The minimum Gasteiger partial charge on any atom is -0.454 e. The summed E-state index contributed by atoms with van der Waals surface area (Å²) in [5, 5.41) is 2.88. The molecule has 136 valence electrons. The van der Waals surface area contributed by atoms with Gasteiger partial charge in [0.25, 0.3) is 0 Å². The quantitative estimate of drug-likeness (QED) is 0.788. The summed E-state index contributed by atoms with van der Waals surface area (Å²) in [5.41, 5.74) is 2.81. The van der Waals surface area contributed by atoms with Gasteiger partial charge in [0, 0.05) is 30.0 Å². The van der Waals surface area contributed by atoms with Crippen LogP contribution in [0.15, 0.2) is 48.5 Å². The van der Waals surface area contributed by atoms with Crippen LogP contribution in [0.3, 0.4) is 0 Å². The van der Waals surface area contributed by atoms with Gasteiger partial charge in [0.2, 0.25) is 12.7 Å². The molecule has 0 bridgehead atoms. The maximum absolute atomic E-state index is 12.1. The Bertz CT molecular complexity index is 797. The van der Waals surface area contributed by atoms with Crippen molar-refractivity contribution in [1.82, 2.24) is 0 Å². The lowest BCUT2D eigenvalue weighted by Gasteiger charge is -2.27. The van der Waals surface area contributed by atoms with E-state index in [0.717, 1.165) is 29.2 Å². The second kappa shape index (κ2) is 7.95. The molecule has 1 heterocycles. The smallest absolute Gasteiger partial charge is 0.248 e. The Kier molecular flexibility index (Phi) is 5.46. The number of nitrogens with zero attached hydrogens (tertiary/aromatic N) is 1. The number of nitrogens with one attached hydrogen (secondary N) is 1. The topological polar surface area (TPSA) is 50.8 Å². The zero-order chi connectivity index (χ0) is 18.5. The van der Waals surface area contributed by atoms with Crippen LogP contribution in [0.4, 0.5) is 11.4 Å². The molecule has 26 heavy (non-hydrogen) atoms. The van der Waals surface area contributed by atoms with E-state index >= 15 is 0 Å². The van der Waals surface area contributed by atoms with Crippen molar-refractivity contribution in [2.24, 2.45) is 0 Å². The van der Waals surface area contributed by atoms with E-state index in [1.807, 2.05) is 42.5 Å². The van der Waals surface area contributed by atoms with Gasteiger partial charge in [-0.3, -0.25) is 4.79 Å². The van der Waals surface area contributed by atoms with Crippen LogP contribution >= 0.6 is 0 Å². The third-order valence-electron chi connectivity index (χ3n) is 4.25. The van der Waals surface area contributed by atoms with Crippen LogP contribution in [0.5, 0.6) is 11.5 Å². The van der Waals surface area contributed by atoms with Gasteiger partial charge in [-0.1, -0.05) is 6.07 Å². The molecule has 0 saturated heterocycles. The first-order chi connectivity index (χ1) is 12.6. The molecular weight excluding hydrogens is 328 g/mol. The van der Waals surface area contributed by atoms with E-state index < -0.39 is 0 Å². The highest BCUT2D eigenvalue weighted by molar-refractivity contribution is 6.02. The van der Waals surface area contributed by atoms with Crippen molar-refractivity contribution in [1.29, 1.82) is 0 Å². The van der Waals surface area contributed by atoms with Gasteiger partial charge in [-0.2, -0.15) is 0 Å². The van der Waals surface area contributed by atoms with E-state index in [2.05, 4.69) is 31.0 Å². The van der Waals surface area contributed by atoms with Crippen LogP contribution in [0.1, 0.15) is 26.3 Å². The SMILES string of the molecule is CCN(c1ccc(NC(=O)/C=C/c2ccc3c(c2)OCO3)cc1)C(C)C. The van der Waals surface area contributed by atoms with Gasteiger partial charge < -0.3 is 19.7 Å². The summed E-state index contributed by atoms with van der Waals surface area (Å²) >= 11 is 0. The number of carbonyl (C=O) groups excluding carboxylic acids is 1. The van der Waals surface area contributed by atoms with Crippen molar-refractivity contribution in [2.75, 3.05) is 23.6 Å². The predicted octanol–water partition coefficient (Wildman–Crippen LogP) is 4.30. The number of carbonyl (C=O) groups is 1. The Morgan fingerprint density at radius 3 is 2.58 bits per heavy atom. The molecule has 0 aromatic heterocycles. The van der Waals surface area contributed by atoms with Crippen molar-refractivity contribution >= 4 is 23.4 Å². The average molecular weight is 352 g/mol. The summed E-state index contributed by atoms with van der Waals surface area (Å²) in [4.78, 5) is 14.4. The zero-order valence-corrected chi connectivity index (χ0v) is 15.4. The summed E-state index contributed by atoms with van der Waals surface area (Å²) in [5.74, 6) is 1.26. The van der Waals surface area contributed by atoms with Crippen molar-refractivity contribution in [2.45, 2.75) is 26.8 Å². The lowest BCUT2D eigenvalue weighted by atomic mass is 10.2. The average Bonchev–Trinajstić information content (AvgIpc) is 3.09. The number of amides is 1. The van der Waals surface area contributed by atoms with Crippen LogP contribution in [0.2, 0.25) is 0 Å². The van der Waals surface area contributed by atoms with E-state index in [0.29, 0.717) is 11.8 Å². The molecule has 0 unspecified atom stereocenters. The number of fused-ring (bicyclic) bond motifs is 1. The van der Waals surface area contributed by atoms with Gasteiger partial charge in [0.1, 0.15) is 0 Å². The van der Waals surface area contributed by atoms with Crippen LogP contribution in [0, 0.1) is 0 Å². The van der Waals surface area contributed by atoms with Gasteiger partial charge in [0.05, 0.1) is 0 Å². The fourth-order valence-electron chi connectivity index (χ4n) is 2.95. The molecule has 5 heteroatoms. The van der Waals surface area contributed by atoms with Crippen LogP contribution in [-0.2, 0) is 4.79 Å². The summed E-state index contributed by atoms with van der Waals surface area (Å²) in [7, 11) is 0. The molecule has 0 saturated carbocycles. The molecule has 1 amide bonds. The first-order valence-electron chi connectivity index (χ1n) is 8.82. The van der Waals surface area contributed by atoms with E-state index in [1.165, 1.54) is 6.08 Å². The first kappa shape index (κ1) is 17.9. The maximum Gasteiger partial charge on any atom is 0.248 e. The van der Waals surface area contributed by atoms with Crippen LogP contribution < -0.4 is 19.7 Å². The summed E-state index contributed by atoms with van der Waals surface area (Å²) in [6.07, 6.45) is 3.27. The van der Waals surface area contributed by atoms with Crippen molar-refractivity contribution in [3.05, 3.63) is 54.1 Å². The summed E-state index contributed by atoms with van der Waals surface area (Å²) < 4.78 is 10.6. The number of hydrogen-bond acceptors (Lipinski definition) is 4. The molecule has 3 rings (SSSR count). The summed E-state index contributed by atoms with van der Waals surface area (Å²) in [6, 6.07) is 13.9. The van der Waals surface area contributed by atoms with Gasteiger partial charge in [-0.15, -0.1) is 0 Å². The number of rotatable bonds is 6. The molecule has 0 aliphatic carbocycles. The Hall–Kier alpha value is -2.95. The fourth-order valence-corrected chi connectivity index (χ4v) is 2.95. The minimum atomic E-state index is -0.174. The number of anilines is 2. The third kappa shape index (κ3) is 4.17. The second-order valence-electron chi connectivity index (χ2n) is 6.36. The molecule has 1 aliphatic heterocycles. The molecule has 2 aromatic rings. The zero-order valence-electron chi connectivity index (χ0n) is 15.4. The fraction of sp³-hybridized carbons (Fsp3) is 0.286. The standard InChI is InChI=1S/C21H24N2O3/c1-4-23(15(2)3)18-9-7-17(8-10-18)22-21(24)12-6-16-5-11-19-20(13-16)26-14-25-19/h5-13,15H,4,14H2,1-3H3,(H,22,24)/b12-6+. The Balaban J connectivity index is 1.61. The molecule has 2 aromatic carbocycles. The van der Waals surface area contributed by atoms with Crippen molar-refractivity contribution in [3.8, 4) is 11.5 Å². The van der Waals surface area contributed by atoms with Gasteiger partial charge >= 0.3 is 0 Å². The maximum atomic E-state index is 12.1. The van der Waals surface area contributed by atoms with Gasteiger partial charge in [-0.25, -0.2) is 0 Å². The molecule has 0 radical (unpaired) electrons. The lowest BCUT2D eigenvalue weighted by molar-refractivity contribution is -0.111. The van der Waals surface area contributed by atoms with Crippen molar-refractivity contribution < 1.29 is 14.3 Å². The van der Waals surface area contributed by atoms with E-state index in [1.54, 1.807) is 6.08 Å². The first-order valence-corrected chi connectivity index (χ1v) is 8.82. The monoisotopic (exact) mass is 352 g/mol. The molecular formula is C21H24N2O3.